The summed E-state index contributed by atoms with van der Waals surface area (Å²) in [4.78, 5) is 0. The second-order valence-corrected chi connectivity index (χ2v) is 6.74. The van der Waals surface area contributed by atoms with Crippen LogP contribution < -0.4 is 0 Å². The fourth-order valence-corrected chi connectivity index (χ4v) is 4.54. The Morgan fingerprint density at radius 2 is 1.31 bits per heavy atom. The second kappa shape index (κ2) is 5.10. The Bertz CT molecular complexity index is 176. The van der Waals surface area contributed by atoms with Gasteiger partial charge >= 0.3 is 0 Å². The van der Waals surface area contributed by atoms with Crippen LogP contribution in [0.1, 0.15) is 70.6 Å². The van der Waals surface area contributed by atoms with Crippen molar-refractivity contribution >= 4 is 0 Å². The van der Waals surface area contributed by atoms with E-state index in [-0.39, 0.29) is 0 Å². The molecule has 0 heterocycles. The van der Waals surface area contributed by atoms with Crippen molar-refractivity contribution in [3.63, 3.8) is 0 Å². The molecule has 0 aromatic rings. The highest BCUT2D eigenvalue weighted by Gasteiger charge is 2.28. The van der Waals surface area contributed by atoms with E-state index in [4.69, 9.17) is 0 Å². The average molecular weight is 219 g/mol. The van der Waals surface area contributed by atoms with Crippen molar-refractivity contribution in [1.82, 2.24) is 0 Å². The maximum Gasteiger partial charge on any atom is -0.0352 e. The standard InChI is InChI=1S/C16H27/c1-3-13-7-9-15(11-13)5-2-6-16-10-8-14(4-1)12-16/h7,13-16H,1-6,8-12H2. The van der Waals surface area contributed by atoms with Crippen molar-refractivity contribution in [3.05, 3.63) is 6.42 Å². The van der Waals surface area contributed by atoms with Gasteiger partial charge < -0.3 is 0 Å². The van der Waals surface area contributed by atoms with Gasteiger partial charge in [0.1, 0.15) is 0 Å². The van der Waals surface area contributed by atoms with Gasteiger partial charge in [-0.05, 0) is 49.4 Å². The summed E-state index contributed by atoms with van der Waals surface area (Å²) >= 11 is 0. The quantitative estimate of drug-likeness (QED) is 0.538. The van der Waals surface area contributed by atoms with Gasteiger partial charge in [-0.3, -0.25) is 0 Å². The lowest BCUT2D eigenvalue weighted by Gasteiger charge is -2.16. The van der Waals surface area contributed by atoms with Gasteiger partial charge in [-0.1, -0.05) is 51.4 Å². The minimum absolute atomic E-state index is 1.00. The van der Waals surface area contributed by atoms with Gasteiger partial charge in [-0.2, -0.15) is 0 Å². The zero-order valence-corrected chi connectivity index (χ0v) is 10.7. The van der Waals surface area contributed by atoms with Gasteiger partial charge in [0.2, 0.25) is 0 Å². The number of hydrogen-bond acceptors (Lipinski definition) is 0. The lowest BCUT2D eigenvalue weighted by Crippen LogP contribution is -2.03. The van der Waals surface area contributed by atoms with Crippen LogP contribution in [0.5, 0.6) is 0 Å². The van der Waals surface area contributed by atoms with Crippen molar-refractivity contribution < 1.29 is 0 Å². The summed E-state index contributed by atoms with van der Waals surface area (Å²) in [7, 11) is 0. The van der Waals surface area contributed by atoms with Crippen molar-refractivity contribution in [2.75, 3.05) is 0 Å². The highest BCUT2D eigenvalue weighted by atomic mass is 14.3. The first-order chi connectivity index (χ1) is 7.90. The third kappa shape index (κ3) is 2.63. The molecule has 0 aliphatic heterocycles. The average Bonchev–Trinajstić information content (AvgIpc) is 2.88. The van der Waals surface area contributed by atoms with E-state index in [9.17, 15) is 0 Å². The molecular weight excluding hydrogens is 192 g/mol. The molecule has 3 fully saturated rings. The zero-order valence-electron chi connectivity index (χ0n) is 10.7. The predicted molar refractivity (Wildman–Crippen MR) is 69.0 cm³/mol. The second-order valence-electron chi connectivity index (χ2n) is 6.74. The summed E-state index contributed by atoms with van der Waals surface area (Å²) in [6.07, 6.45) is 19.5. The lowest BCUT2D eigenvalue weighted by molar-refractivity contribution is 0.363. The smallest absolute Gasteiger partial charge is 0.0352 e. The van der Waals surface area contributed by atoms with Crippen LogP contribution in [0, 0.1) is 30.1 Å². The van der Waals surface area contributed by atoms with Crippen LogP contribution in [0.15, 0.2) is 0 Å². The molecule has 0 aromatic carbocycles. The Morgan fingerprint density at radius 1 is 0.625 bits per heavy atom. The first-order valence-electron chi connectivity index (χ1n) is 7.73. The number of hydrogen-bond donors (Lipinski definition) is 0. The Morgan fingerprint density at radius 3 is 2.12 bits per heavy atom. The van der Waals surface area contributed by atoms with Gasteiger partial charge in [0.15, 0.2) is 0 Å². The van der Waals surface area contributed by atoms with Crippen LogP contribution in [0.3, 0.4) is 0 Å². The third-order valence-corrected chi connectivity index (χ3v) is 5.50. The van der Waals surface area contributed by atoms with E-state index >= 15 is 0 Å². The fourth-order valence-electron chi connectivity index (χ4n) is 4.54. The van der Waals surface area contributed by atoms with Crippen molar-refractivity contribution in [2.24, 2.45) is 23.7 Å². The molecule has 3 rings (SSSR count). The third-order valence-electron chi connectivity index (χ3n) is 5.50. The van der Waals surface area contributed by atoms with Crippen molar-refractivity contribution in [3.8, 4) is 0 Å². The Labute approximate surface area is 101 Å². The molecule has 91 valence electrons. The van der Waals surface area contributed by atoms with Gasteiger partial charge in [-0.15, -0.1) is 0 Å². The molecule has 3 saturated carbocycles. The predicted octanol–water partition coefficient (Wildman–Crippen LogP) is 4.99. The summed E-state index contributed by atoms with van der Waals surface area (Å²) < 4.78 is 0. The Hall–Kier alpha value is 0. The molecule has 16 heavy (non-hydrogen) atoms. The van der Waals surface area contributed by atoms with Crippen LogP contribution in [0.25, 0.3) is 0 Å². The minimum Gasteiger partial charge on any atom is -0.0528 e. The highest BCUT2D eigenvalue weighted by molar-refractivity contribution is 4.89. The highest BCUT2D eigenvalue weighted by Crippen LogP contribution is 2.41. The first kappa shape index (κ1) is 11.1. The monoisotopic (exact) mass is 219 g/mol. The van der Waals surface area contributed by atoms with Gasteiger partial charge in [0.05, 0.1) is 0 Å². The lowest BCUT2D eigenvalue weighted by atomic mass is 9.89. The van der Waals surface area contributed by atoms with Crippen LogP contribution >= 0.6 is 0 Å². The van der Waals surface area contributed by atoms with E-state index < -0.39 is 0 Å². The molecule has 0 spiro atoms. The Balaban J connectivity index is 1.57. The molecule has 4 bridgehead atoms. The summed E-state index contributed by atoms with van der Waals surface area (Å²) in [6.45, 7) is 0. The summed E-state index contributed by atoms with van der Waals surface area (Å²) in [5.74, 6) is 4.30. The molecule has 4 atom stereocenters. The summed E-state index contributed by atoms with van der Waals surface area (Å²) in [5.41, 5.74) is 0. The van der Waals surface area contributed by atoms with E-state index in [1.165, 1.54) is 38.5 Å². The van der Waals surface area contributed by atoms with Gasteiger partial charge in [0, 0.05) is 0 Å². The molecule has 0 amide bonds. The summed E-state index contributed by atoms with van der Waals surface area (Å²) in [5, 5.41) is 0. The molecule has 3 aliphatic rings. The largest absolute Gasteiger partial charge is 0.0528 e. The molecule has 0 N–H and O–H groups in total. The molecule has 1 radical (unpaired) electrons. The van der Waals surface area contributed by atoms with Gasteiger partial charge in [0.25, 0.3) is 0 Å². The van der Waals surface area contributed by atoms with Crippen molar-refractivity contribution in [1.29, 1.82) is 0 Å². The van der Waals surface area contributed by atoms with Crippen LogP contribution in [0.4, 0.5) is 0 Å². The minimum atomic E-state index is 1.00. The maximum atomic E-state index is 2.65. The van der Waals surface area contributed by atoms with Crippen molar-refractivity contribution in [2.45, 2.75) is 70.6 Å². The van der Waals surface area contributed by atoms with Crippen LogP contribution in [-0.2, 0) is 0 Å². The fraction of sp³-hybridized carbons (Fsp3) is 0.938. The molecule has 3 aliphatic carbocycles. The molecule has 4 unspecified atom stereocenters. The summed E-state index contributed by atoms with van der Waals surface area (Å²) in [6, 6.07) is 0. The molecule has 0 nitrogen and oxygen atoms in total. The topological polar surface area (TPSA) is 0 Å². The normalized spacial score (nSPS) is 45.0. The van der Waals surface area contributed by atoms with Gasteiger partial charge in [-0.25, -0.2) is 0 Å². The molecule has 0 heteroatoms. The van der Waals surface area contributed by atoms with Crippen LogP contribution in [0.2, 0.25) is 0 Å². The first-order valence-corrected chi connectivity index (χ1v) is 7.73. The van der Waals surface area contributed by atoms with E-state index in [1.807, 2.05) is 0 Å². The Kier molecular flexibility index (Phi) is 3.54. The molecule has 0 saturated heterocycles. The SMILES string of the molecule is [CH]1CC2CCCC3CCC(CCCC1C2)C3. The van der Waals surface area contributed by atoms with Crippen LogP contribution in [-0.4, -0.2) is 0 Å². The molecule has 0 aromatic heterocycles. The maximum absolute atomic E-state index is 2.65. The zero-order chi connectivity index (χ0) is 10.8. The van der Waals surface area contributed by atoms with E-state index in [1.54, 1.807) is 32.1 Å². The number of fused-ring (bicyclic) bond motifs is 4. The molecular formula is C16H27. The van der Waals surface area contributed by atoms with E-state index in [2.05, 4.69) is 6.42 Å². The van der Waals surface area contributed by atoms with E-state index in [0.29, 0.717) is 0 Å². The van der Waals surface area contributed by atoms with E-state index in [0.717, 1.165) is 23.7 Å². The number of rotatable bonds is 0.